The minimum atomic E-state index is -0.354. The van der Waals surface area contributed by atoms with Crippen LogP contribution in [0.3, 0.4) is 0 Å². The lowest BCUT2D eigenvalue weighted by Gasteiger charge is -2.25. The van der Waals surface area contributed by atoms with E-state index in [1.54, 1.807) is 17.0 Å². The summed E-state index contributed by atoms with van der Waals surface area (Å²) in [5.41, 5.74) is 2.65. The van der Waals surface area contributed by atoms with Gasteiger partial charge in [-0.05, 0) is 30.2 Å². The van der Waals surface area contributed by atoms with Crippen LogP contribution in [0.25, 0.3) is 0 Å². The fraction of sp³-hybridized carbons (Fsp3) is 0.286. The Hall–Kier alpha value is -3.13. The molecule has 0 bridgehead atoms. The van der Waals surface area contributed by atoms with Gasteiger partial charge in [-0.1, -0.05) is 42.5 Å². The quantitative estimate of drug-likeness (QED) is 0.902. The summed E-state index contributed by atoms with van der Waals surface area (Å²) >= 11 is 0. The Morgan fingerprint density at radius 2 is 1.92 bits per heavy atom. The lowest BCUT2D eigenvalue weighted by molar-refractivity contribution is -0.129. The molecule has 0 saturated carbocycles. The number of anilines is 1. The molecule has 5 heteroatoms. The molecule has 5 nitrogen and oxygen atoms in total. The molecule has 1 aliphatic heterocycles. The van der Waals surface area contributed by atoms with Crippen LogP contribution in [0, 0.1) is 17.2 Å². The van der Waals surface area contributed by atoms with Gasteiger partial charge < -0.3 is 10.2 Å². The molecule has 132 valence electrons. The van der Waals surface area contributed by atoms with Gasteiger partial charge in [0.2, 0.25) is 11.8 Å². The van der Waals surface area contributed by atoms with Crippen LogP contribution in [0.15, 0.2) is 54.6 Å². The molecular weight excluding hydrogens is 326 g/mol. The molecule has 1 heterocycles. The normalized spacial score (nSPS) is 17.6. The van der Waals surface area contributed by atoms with Crippen molar-refractivity contribution < 1.29 is 9.59 Å². The molecule has 26 heavy (non-hydrogen) atoms. The smallest absolute Gasteiger partial charge is 0.229 e. The van der Waals surface area contributed by atoms with E-state index in [0.29, 0.717) is 18.7 Å². The van der Waals surface area contributed by atoms with E-state index in [-0.39, 0.29) is 30.2 Å². The van der Waals surface area contributed by atoms with Crippen molar-refractivity contribution in [3.05, 3.63) is 65.7 Å². The standard InChI is InChI=1S/C21H21N3O2/c1-15(17-5-3-2-4-6-17)24-14-18(13-20(24)25)21(26)23-19-9-7-16(8-10-19)11-12-22/h2-10,15,18H,11,13-14H2,1H3,(H,23,26). The SMILES string of the molecule is CC(c1ccccc1)N1CC(C(=O)Nc2ccc(CC#N)cc2)CC1=O. The van der Waals surface area contributed by atoms with Gasteiger partial charge in [-0.15, -0.1) is 0 Å². The number of rotatable bonds is 5. The van der Waals surface area contributed by atoms with Crippen LogP contribution < -0.4 is 5.32 Å². The highest BCUT2D eigenvalue weighted by atomic mass is 16.2. The van der Waals surface area contributed by atoms with Crippen molar-refractivity contribution in [2.45, 2.75) is 25.8 Å². The number of hydrogen-bond donors (Lipinski definition) is 1. The molecule has 3 rings (SSSR count). The summed E-state index contributed by atoms with van der Waals surface area (Å²) < 4.78 is 0. The van der Waals surface area contributed by atoms with Gasteiger partial charge in [0.05, 0.1) is 24.4 Å². The summed E-state index contributed by atoms with van der Waals surface area (Å²) in [5, 5.41) is 11.6. The number of hydrogen-bond acceptors (Lipinski definition) is 3. The van der Waals surface area contributed by atoms with E-state index in [1.165, 1.54) is 0 Å². The second kappa shape index (κ2) is 7.83. The first-order chi connectivity index (χ1) is 12.6. The van der Waals surface area contributed by atoms with Gasteiger partial charge in [-0.2, -0.15) is 5.26 Å². The molecule has 0 spiro atoms. The topological polar surface area (TPSA) is 73.2 Å². The highest BCUT2D eigenvalue weighted by molar-refractivity contribution is 5.97. The fourth-order valence-electron chi connectivity index (χ4n) is 3.23. The molecule has 2 aromatic rings. The molecule has 2 amide bonds. The highest BCUT2D eigenvalue weighted by Gasteiger charge is 2.36. The zero-order chi connectivity index (χ0) is 18.5. The first-order valence-electron chi connectivity index (χ1n) is 8.69. The number of likely N-dealkylation sites (tertiary alicyclic amines) is 1. The van der Waals surface area contributed by atoms with Crippen LogP contribution in [-0.4, -0.2) is 23.3 Å². The van der Waals surface area contributed by atoms with Gasteiger partial charge in [-0.3, -0.25) is 9.59 Å². The largest absolute Gasteiger partial charge is 0.335 e. The molecule has 1 saturated heterocycles. The van der Waals surface area contributed by atoms with Crippen LogP contribution in [0.4, 0.5) is 5.69 Å². The summed E-state index contributed by atoms with van der Waals surface area (Å²) in [7, 11) is 0. The maximum absolute atomic E-state index is 12.5. The molecule has 2 unspecified atom stereocenters. The van der Waals surface area contributed by atoms with E-state index in [0.717, 1.165) is 11.1 Å². The molecule has 2 aromatic carbocycles. The number of amides is 2. The van der Waals surface area contributed by atoms with Crippen molar-refractivity contribution >= 4 is 17.5 Å². The van der Waals surface area contributed by atoms with Crippen molar-refractivity contribution in [3.8, 4) is 6.07 Å². The van der Waals surface area contributed by atoms with Crippen molar-refractivity contribution in [1.29, 1.82) is 5.26 Å². The number of nitrogens with zero attached hydrogens (tertiary/aromatic N) is 2. The molecule has 0 radical (unpaired) electrons. The second-order valence-electron chi connectivity index (χ2n) is 6.55. The summed E-state index contributed by atoms with van der Waals surface area (Å²) in [6.07, 6.45) is 0.577. The van der Waals surface area contributed by atoms with E-state index in [4.69, 9.17) is 5.26 Å². The van der Waals surface area contributed by atoms with Crippen molar-refractivity contribution in [2.24, 2.45) is 5.92 Å². The zero-order valence-corrected chi connectivity index (χ0v) is 14.7. The average molecular weight is 347 g/mol. The third-order valence-electron chi connectivity index (χ3n) is 4.78. The summed E-state index contributed by atoms with van der Waals surface area (Å²) in [4.78, 5) is 26.7. The predicted octanol–water partition coefficient (Wildman–Crippen LogP) is 3.30. The molecule has 1 N–H and O–H groups in total. The maximum atomic E-state index is 12.5. The number of carbonyl (C=O) groups excluding carboxylic acids is 2. The summed E-state index contributed by atoms with van der Waals surface area (Å²) in [5.74, 6) is -0.493. The van der Waals surface area contributed by atoms with E-state index < -0.39 is 0 Å². The minimum absolute atomic E-state index is 0.00544. The zero-order valence-electron chi connectivity index (χ0n) is 14.7. The molecule has 0 aromatic heterocycles. The molecule has 1 fully saturated rings. The lowest BCUT2D eigenvalue weighted by atomic mass is 10.1. The third-order valence-corrected chi connectivity index (χ3v) is 4.78. The predicted molar refractivity (Wildman–Crippen MR) is 99.1 cm³/mol. The first kappa shape index (κ1) is 17.7. The number of benzene rings is 2. The molecule has 2 atom stereocenters. The second-order valence-corrected chi connectivity index (χ2v) is 6.55. The Morgan fingerprint density at radius 3 is 2.58 bits per heavy atom. The van der Waals surface area contributed by atoms with Crippen LogP contribution in [0.5, 0.6) is 0 Å². The van der Waals surface area contributed by atoms with Crippen LogP contribution in [0.2, 0.25) is 0 Å². The maximum Gasteiger partial charge on any atom is 0.229 e. The Labute approximate surface area is 153 Å². The lowest BCUT2D eigenvalue weighted by Crippen LogP contribution is -2.30. The van der Waals surface area contributed by atoms with Crippen LogP contribution in [-0.2, 0) is 16.0 Å². The molecular formula is C21H21N3O2. The van der Waals surface area contributed by atoms with Crippen molar-refractivity contribution in [1.82, 2.24) is 4.90 Å². The van der Waals surface area contributed by atoms with E-state index in [1.807, 2.05) is 49.4 Å². The minimum Gasteiger partial charge on any atom is -0.335 e. The van der Waals surface area contributed by atoms with Crippen molar-refractivity contribution in [3.63, 3.8) is 0 Å². The molecule has 0 aliphatic carbocycles. The summed E-state index contributed by atoms with van der Waals surface area (Å²) in [6.45, 7) is 2.41. The van der Waals surface area contributed by atoms with E-state index >= 15 is 0 Å². The number of carbonyl (C=O) groups is 2. The highest BCUT2D eigenvalue weighted by Crippen LogP contribution is 2.29. The Balaban J connectivity index is 1.62. The molecule has 1 aliphatic rings. The number of nitriles is 1. The Bertz CT molecular complexity index is 825. The van der Waals surface area contributed by atoms with E-state index in [2.05, 4.69) is 11.4 Å². The third kappa shape index (κ3) is 3.92. The Kier molecular flexibility index (Phi) is 5.33. The van der Waals surface area contributed by atoms with Crippen molar-refractivity contribution in [2.75, 3.05) is 11.9 Å². The van der Waals surface area contributed by atoms with E-state index in [9.17, 15) is 9.59 Å². The number of nitrogens with one attached hydrogen (secondary N) is 1. The van der Waals surface area contributed by atoms with Gasteiger partial charge in [0.1, 0.15) is 0 Å². The average Bonchev–Trinajstić information content (AvgIpc) is 3.05. The van der Waals surface area contributed by atoms with Crippen LogP contribution in [0.1, 0.15) is 30.5 Å². The first-order valence-corrected chi connectivity index (χ1v) is 8.69. The fourth-order valence-corrected chi connectivity index (χ4v) is 3.23. The van der Waals surface area contributed by atoms with Crippen LogP contribution >= 0.6 is 0 Å². The van der Waals surface area contributed by atoms with Gasteiger partial charge >= 0.3 is 0 Å². The Morgan fingerprint density at radius 1 is 1.23 bits per heavy atom. The monoisotopic (exact) mass is 347 g/mol. The van der Waals surface area contributed by atoms with Gasteiger partial charge in [0, 0.05) is 18.7 Å². The van der Waals surface area contributed by atoms with Gasteiger partial charge in [0.25, 0.3) is 0 Å². The summed E-state index contributed by atoms with van der Waals surface area (Å²) in [6, 6.07) is 19.1. The van der Waals surface area contributed by atoms with Gasteiger partial charge in [-0.25, -0.2) is 0 Å². The van der Waals surface area contributed by atoms with Gasteiger partial charge in [0.15, 0.2) is 0 Å².